The van der Waals surface area contributed by atoms with Crippen LogP contribution in [0.4, 0.5) is 17.1 Å². The predicted octanol–water partition coefficient (Wildman–Crippen LogP) is 4.38. The third kappa shape index (κ3) is 5.45. The van der Waals surface area contributed by atoms with Crippen LogP contribution in [0.25, 0.3) is 10.8 Å². The molecule has 0 saturated carbocycles. The van der Waals surface area contributed by atoms with Crippen molar-refractivity contribution < 1.29 is 9.59 Å². The SMILES string of the molecule is CNC(C)C(=O)NC1CN(Cc2cccc(N)c2)c2ccccc2N(Cc2c(C)ccc3ccccc23)C1=O. The molecular formula is C32H35N5O2. The van der Waals surface area contributed by atoms with Crippen LogP contribution >= 0.6 is 0 Å². The number of fused-ring (bicyclic) bond motifs is 2. The smallest absolute Gasteiger partial charge is 0.251 e. The number of rotatable bonds is 7. The van der Waals surface area contributed by atoms with Crippen LogP contribution in [-0.2, 0) is 22.7 Å². The van der Waals surface area contributed by atoms with Crippen molar-refractivity contribution in [2.45, 2.75) is 39.0 Å². The van der Waals surface area contributed by atoms with E-state index in [-0.39, 0.29) is 11.8 Å². The first-order valence-electron chi connectivity index (χ1n) is 13.3. The second kappa shape index (κ2) is 11.2. The lowest BCUT2D eigenvalue weighted by molar-refractivity contribution is -0.128. The highest BCUT2D eigenvalue weighted by Gasteiger charge is 2.35. The number of anilines is 3. The topological polar surface area (TPSA) is 90.7 Å². The molecule has 4 N–H and O–H groups in total. The monoisotopic (exact) mass is 521 g/mol. The minimum atomic E-state index is -0.739. The fourth-order valence-electron chi connectivity index (χ4n) is 5.24. The van der Waals surface area contributed by atoms with Gasteiger partial charge in [-0.2, -0.15) is 0 Å². The van der Waals surface area contributed by atoms with Gasteiger partial charge in [0.1, 0.15) is 6.04 Å². The zero-order chi connectivity index (χ0) is 27.5. The Kier molecular flexibility index (Phi) is 7.52. The molecule has 4 aromatic rings. The number of nitrogens with two attached hydrogens (primary N) is 1. The van der Waals surface area contributed by atoms with E-state index in [4.69, 9.17) is 5.73 Å². The summed E-state index contributed by atoms with van der Waals surface area (Å²) in [6, 6.07) is 27.0. The van der Waals surface area contributed by atoms with Gasteiger partial charge in [0.2, 0.25) is 5.91 Å². The molecule has 0 spiro atoms. The minimum Gasteiger partial charge on any atom is -0.399 e. The van der Waals surface area contributed by atoms with Crippen LogP contribution < -0.4 is 26.2 Å². The number of carbonyl (C=O) groups excluding carboxylic acids is 2. The van der Waals surface area contributed by atoms with Crippen LogP contribution in [0.5, 0.6) is 0 Å². The molecule has 200 valence electrons. The van der Waals surface area contributed by atoms with Crippen LogP contribution in [0.3, 0.4) is 0 Å². The van der Waals surface area contributed by atoms with Gasteiger partial charge in [0.15, 0.2) is 0 Å². The zero-order valence-corrected chi connectivity index (χ0v) is 22.6. The number of aryl methyl sites for hydroxylation is 1. The highest BCUT2D eigenvalue weighted by atomic mass is 16.2. The third-order valence-electron chi connectivity index (χ3n) is 7.54. The number of nitrogen functional groups attached to an aromatic ring is 1. The zero-order valence-electron chi connectivity index (χ0n) is 22.6. The average molecular weight is 522 g/mol. The van der Waals surface area contributed by atoms with E-state index < -0.39 is 12.1 Å². The Hall–Kier alpha value is -4.36. The van der Waals surface area contributed by atoms with E-state index in [0.717, 1.165) is 38.8 Å². The Morgan fingerprint density at radius 3 is 2.49 bits per heavy atom. The maximum atomic E-state index is 14.3. The molecule has 0 aromatic heterocycles. The lowest BCUT2D eigenvalue weighted by atomic mass is 9.99. The van der Waals surface area contributed by atoms with Crippen molar-refractivity contribution in [2.75, 3.05) is 29.1 Å². The summed E-state index contributed by atoms with van der Waals surface area (Å²) in [4.78, 5) is 31.3. The second-order valence-electron chi connectivity index (χ2n) is 10.2. The number of likely N-dealkylation sites (N-methyl/N-ethyl adjacent to an activating group) is 1. The van der Waals surface area contributed by atoms with Crippen LogP contribution in [-0.4, -0.2) is 37.5 Å². The van der Waals surface area contributed by atoms with Crippen molar-refractivity contribution >= 4 is 39.6 Å². The van der Waals surface area contributed by atoms with E-state index in [9.17, 15) is 9.59 Å². The number of carbonyl (C=O) groups is 2. The maximum Gasteiger partial charge on any atom is 0.251 e. The summed E-state index contributed by atoms with van der Waals surface area (Å²) in [5, 5.41) is 8.25. The molecule has 1 heterocycles. The molecular weight excluding hydrogens is 486 g/mol. The van der Waals surface area contributed by atoms with Gasteiger partial charge in [-0.1, -0.05) is 60.7 Å². The molecule has 7 nitrogen and oxygen atoms in total. The van der Waals surface area contributed by atoms with Gasteiger partial charge >= 0.3 is 0 Å². The van der Waals surface area contributed by atoms with Crippen molar-refractivity contribution in [1.29, 1.82) is 0 Å². The Morgan fingerprint density at radius 1 is 0.974 bits per heavy atom. The van der Waals surface area contributed by atoms with E-state index in [2.05, 4.69) is 46.7 Å². The number of hydrogen-bond donors (Lipinski definition) is 3. The number of amides is 2. The Balaban J connectivity index is 1.60. The normalized spacial score (nSPS) is 16.1. The van der Waals surface area contributed by atoms with Crippen molar-refractivity contribution in [2.24, 2.45) is 0 Å². The van der Waals surface area contributed by atoms with Gasteiger partial charge in [0.05, 0.1) is 24.0 Å². The quantitative estimate of drug-likeness (QED) is 0.314. The van der Waals surface area contributed by atoms with E-state index in [1.807, 2.05) is 65.6 Å². The van der Waals surface area contributed by atoms with Crippen molar-refractivity contribution in [1.82, 2.24) is 10.6 Å². The van der Waals surface area contributed by atoms with E-state index in [1.165, 1.54) is 0 Å². The summed E-state index contributed by atoms with van der Waals surface area (Å²) in [5.41, 5.74) is 11.8. The molecule has 1 aliphatic heterocycles. The van der Waals surface area contributed by atoms with Gasteiger partial charge in [-0.3, -0.25) is 9.59 Å². The molecule has 5 rings (SSSR count). The fourth-order valence-corrected chi connectivity index (χ4v) is 5.24. The molecule has 2 unspecified atom stereocenters. The van der Waals surface area contributed by atoms with Gasteiger partial charge in [0.25, 0.3) is 5.91 Å². The first-order valence-corrected chi connectivity index (χ1v) is 13.3. The largest absolute Gasteiger partial charge is 0.399 e. The Labute approximate surface area is 229 Å². The number of para-hydroxylation sites is 2. The molecule has 0 radical (unpaired) electrons. The van der Waals surface area contributed by atoms with Gasteiger partial charge in [0, 0.05) is 18.8 Å². The van der Waals surface area contributed by atoms with Gasteiger partial charge in [-0.25, -0.2) is 0 Å². The van der Waals surface area contributed by atoms with Crippen LogP contribution in [0, 0.1) is 6.92 Å². The molecule has 0 fully saturated rings. The molecule has 0 bridgehead atoms. The highest BCUT2D eigenvalue weighted by molar-refractivity contribution is 6.04. The standard InChI is InChI=1S/C32H35N5O2/c1-21-15-16-24-10-4-5-12-26(24)27(21)19-37-30-14-7-6-13-29(30)36(18-23-9-8-11-25(33)17-23)20-28(32(37)39)35-31(38)22(2)34-3/h4-17,22,28,34H,18-20,33H2,1-3H3,(H,35,38). The maximum absolute atomic E-state index is 14.3. The third-order valence-corrected chi connectivity index (χ3v) is 7.54. The van der Waals surface area contributed by atoms with Crippen molar-refractivity contribution in [3.63, 3.8) is 0 Å². The summed E-state index contributed by atoms with van der Waals surface area (Å²) in [6.45, 7) is 5.13. The molecule has 7 heteroatoms. The molecule has 39 heavy (non-hydrogen) atoms. The number of benzene rings is 4. The Morgan fingerprint density at radius 2 is 1.72 bits per heavy atom. The molecule has 0 aliphatic carbocycles. The summed E-state index contributed by atoms with van der Waals surface area (Å²) >= 11 is 0. The summed E-state index contributed by atoms with van der Waals surface area (Å²) in [5.74, 6) is -0.353. The molecule has 0 saturated heterocycles. The van der Waals surface area contributed by atoms with Crippen LogP contribution in [0.15, 0.2) is 84.9 Å². The van der Waals surface area contributed by atoms with Gasteiger partial charge < -0.3 is 26.2 Å². The molecule has 1 aliphatic rings. The molecule has 4 aromatic carbocycles. The van der Waals surface area contributed by atoms with Crippen LogP contribution in [0.1, 0.15) is 23.6 Å². The van der Waals surface area contributed by atoms with Crippen molar-refractivity contribution in [3.05, 3.63) is 102 Å². The first-order chi connectivity index (χ1) is 18.9. The molecule has 2 amide bonds. The minimum absolute atomic E-state index is 0.137. The van der Waals surface area contributed by atoms with Crippen LogP contribution in [0.2, 0.25) is 0 Å². The fraction of sp³-hybridized carbons (Fsp3) is 0.250. The Bertz CT molecular complexity index is 1520. The lowest BCUT2D eigenvalue weighted by Gasteiger charge is -2.27. The van der Waals surface area contributed by atoms with Crippen molar-refractivity contribution in [3.8, 4) is 0 Å². The summed E-state index contributed by atoms with van der Waals surface area (Å²) in [6.07, 6.45) is 0. The highest BCUT2D eigenvalue weighted by Crippen LogP contribution is 2.36. The van der Waals surface area contributed by atoms with Gasteiger partial charge in [-0.05, 0) is 72.6 Å². The number of hydrogen-bond acceptors (Lipinski definition) is 5. The average Bonchev–Trinajstić information content (AvgIpc) is 3.04. The van der Waals surface area contributed by atoms with E-state index in [1.54, 1.807) is 14.0 Å². The first kappa shape index (κ1) is 26.3. The predicted molar refractivity (Wildman–Crippen MR) is 159 cm³/mol. The van der Waals surface area contributed by atoms with Gasteiger partial charge in [-0.15, -0.1) is 0 Å². The van der Waals surface area contributed by atoms with E-state index >= 15 is 0 Å². The van der Waals surface area contributed by atoms with E-state index in [0.29, 0.717) is 25.3 Å². The summed E-state index contributed by atoms with van der Waals surface area (Å²) < 4.78 is 0. The number of nitrogens with zero attached hydrogens (tertiary/aromatic N) is 2. The lowest BCUT2D eigenvalue weighted by Crippen LogP contribution is -2.55. The summed E-state index contributed by atoms with van der Waals surface area (Å²) in [7, 11) is 1.73. The number of nitrogens with one attached hydrogen (secondary N) is 2. The second-order valence-corrected chi connectivity index (χ2v) is 10.2. The molecule has 2 atom stereocenters.